The van der Waals surface area contributed by atoms with E-state index in [1.165, 1.54) is 0 Å². The molecule has 0 fully saturated rings. The Hall–Kier alpha value is -1.99. The first-order valence-corrected chi connectivity index (χ1v) is 4.86. The lowest BCUT2D eigenvalue weighted by Crippen LogP contribution is -2.29. The number of tetrazole rings is 1. The molecule has 8 heteroatoms. The van der Waals surface area contributed by atoms with E-state index >= 15 is 0 Å². The minimum absolute atomic E-state index is 0.118. The minimum atomic E-state index is -0.741. The number of hydrogen-bond acceptors (Lipinski definition) is 6. The fraction of sp³-hybridized carbons (Fsp3) is 0.625. The average Bonchev–Trinajstić information content (AvgIpc) is 2.67. The molecule has 0 aliphatic carbocycles. The SMILES string of the molecule is CCOC(=O)c1nnnn1C(CC)C(N)=O. The van der Waals surface area contributed by atoms with Crippen LogP contribution < -0.4 is 5.73 Å². The van der Waals surface area contributed by atoms with E-state index in [4.69, 9.17) is 10.5 Å². The van der Waals surface area contributed by atoms with Crippen LogP contribution in [0.25, 0.3) is 0 Å². The molecule has 1 heterocycles. The van der Waals surface area contributed by atoms with Crippen LogP contribution in [0.2, 0.25) is 0 Å². The molecule has 1 rings (SSSR count). The second-order valence-corrected chi connectivity index (χ2v) is 2.99. The Morgan fingerprint density at radius 1 is 1.50 bits per heavy atom. The number of ether oxygens (including phenoxy) is 1. The molecule has 88 valence electrons. The van der Waals surface area contributed by atoms with Crippen LogP contribution in [0.3, 0.4) is 0 Å². The lowest BCUT2D eigenvalue weighted by atomic mass is 10.2. The molecule has 0 aliphatic rings. The Balaban J connectivity index is 3.01. The van der Waals surface area contributed by atoms with E-state index in [9.17, 15) is 9.59 Å². The molecule has 1 aromatic heterocycles. The Morgan fingerprint density at radius 2 is 2.19 bits per heavy atom. The third-order valence-electron chi connectivity index (χ3n) is 1.96. The van der Waals surface area contributed by atoms with Crippen LogP contribution in [-0.4, -0.2) is 38.7 Å². The van der Waals surface area contributed by atoms with Crippen LogP contribution in [0.15, 0.2) is 0 Å². The zero-order valence-corrected chi connectivity index (χ0v) is 9.08. The van der Waals surface area contributed by atoms with E-state index in [0.717, 1.165) is 4.68 Å². The predicted molar refractivity (Wildman–Crippen MR) is 52.3 cm³/mol. The monoisotopic (exact) mass is 227 g/mol. The number of aromatic nitrogens is 4. The Morgan fingerprint density at radius 3 is 2.69 bits per heavy atom. The van der Waals surface area contributed by atoms with Gasteiger partial charge in [0.1, 0.15) is 6.04 Å². The summed E-state index contributed by atoms with van der Waals surface area (Å²) in [5.74, 6) is -1.39. The van der Waals surface area contributed by atoms with Crippen LogP contribution in [0.5, 0.6) is 0 Å². The summed E-state index contributed by atoms with van der Waals surface area (Å²) in [7, 11) is 0. The van der Waals surface area contributed by atoms with Crippen molar-refractivity contribution in [1.29, 1.82) is 0 Å². The largest absolute Gasteiger partial charge is 0.460 e. The lowest BCUT2D eigenvalue weighted by Gasteiger charge is -2.11. The van der Waals surface area contributed by atoms with Gasteiger partial charge in [0, 0.05) is 0 Å². The summed E-state index contributed by atoms with van der Waals surface area (Å²) in [5.41, 5.74) is 5.17. The van der Waals surface area contributed by atoms with Gasteiger partial charge in [0.2, 0.25) is 5.91 Å². The summed E-state index contributed by atoms with van der Waals surface area (Å²) < 4.78 is 5.83. The molecule has 1 aromatic rings. The lowest BCUT2D eigenvalue weighted by molar-refractivity contribution is -0.121. The van der Waals surface area contributed by atoms with E-state index in [2.05, 4.69) is 15.5 Å². The molecule has 1 unspecified atom stereocenters. The summed E-state index contributed by atoms with van der Waals surface area (Å²) in [6, 6.07) is -0.741. The molecular formula is C8H13N5O3. The Bertz CT molecular complexity index is 389. The third-order valence-corrected chi connectivity index (χ3v) is 1.96. The van der Waals surface area contributed by atoms with Gasteiger partial charge in [-0.2, -0.15) is 0 Å². The number of amides is 1. The van der Waals surface area contributed by atoms with E-state index in [0.29, 0.717) is 6.42 Å². The standard InChI is InChI=1S/C8H13N5O3/c1-3-5(6(9)14)13-7(10-11-12-13)8(15)16-4-2/h5H,3-4H2,1-2H3,(H2,9,14). The zero-order chi connectivity index (χ0) is 12.1. The first-order chi connectivity index (χ1) is 7.61. The number of carbonyl (C=O) groups is 2. The van der Waals surface area contributed by atoms with Crippen molar-refractivity contribution in [1.82, 2.24) is 20.2 Å². The highest BCUT2D eigenvalue weighted by Crippen LogP contribution is 2.11. The quantitative estimate of drug-likeness (QED) is 0.664. The third kappa shape index (κ3) is 2.33. The highest BCUT2D eigenvalue weighted by atomic mass is 16.5. The van der Waals surface area contributed by atoms with Crippen molar-refractivity contribution in [3.05, 3.63) is 5.82 Å². The molecule has 0 bridgehead atoms. The summed E-state index contributed by atoms with van der Waals surface area (Å²) in [6.45, 7) is 3.61. The van der Waals surface area contributed by atoms with Crippen molar-refractivity contribution in [3.63, 3.8) is 0 Å². The maximum atomic E-state index is 11.4. The molecule has 1 amide bonds. The smallest absolute Gasteiger partial charge is 0.378 e. The van der Waals surface area contributed by atoms with Gasteiger partial charge < -0.3 is 10.5 Å². The first kappa shape index (κ1) is 12.1. The molecule has 0 radical (unpaired) electrons. The van der Waals surface area contributed by atoms with Crippen LogP contribution >= 0.6 is 0 Å². The van der Waals surface area contributed by atoms with Crippen LogP contribution in [0, 0.1) is 0 Å². The molecule has 0 saturated carbocycles. The van der Waals surface area contributed by atoms with Crippen LogP contribution in [-0.2, 0) is 9.53 Å². The van der Waals surface area contributed by atoms with Crippen molar-refractivity contribution < 1.29 is 14.3 Å². The summed E-state index contributed by atoms with van der Waals surface area (Å²) in [5, 5.41) is 10.4. The molecule has 0 aliphatic heterocycles. The van der Waals surface area contributed by atoms with E-state index in [1.54, 1.807) is 13.8 Å². The normalized spacial score (nSPS) is 12.1. The number of nitrogens with two attached hydrogens (primary N) is 1. The molecule has 0 aromatic carbocycles. The van der Waals surface area contributed by atoms with Gasteiger partial charge >= 0.3 is 5.97 Å². The highest BCUT2D eigenvalue weighted by molar-refractivity contribution is 5.86. The molecule has 8 nitrogen and oxygen atoms in total. The second kappa shape index (κ2) is 5.19. The van der Waals surface area contributed by atoms with Gasteiger partial charge in [-0.05, 0) is 23.8 Å². The van der Waals surface area contributed by atoms with E-state index in [1.807, 2.05) is 0 Å². The van der Waals surface area contributed by atoms with Crippen molar-refractivity contribution in [2.24, 2.45) is 5.73 Å². The molecule has 0 spiro atoms. The second-order valence-electron chi connectivity index (χ2n) is 2.99. The Kier molecular flexibility index (Phi) is 3.92. The molecule has 0 saturated heterocycles. The van der Waals surface area contributed by atoms with E-state index < -0.39 is 17.9 Å². The topological polar surface area (TPSA) is 113 Å². The van der Waals surface area contributed by atoms with Crippen molar-refractivity contribution in [3.8, 4) is 0 Å². The van der Waals surface area contributed by atoms with Crippen molar-refractivity contribution >= 4 is 11.9 Å². The molecule has 16 heavy (non-hydrogen) atoms. The summed E-state index contributed by atoms with van der Waals surface area (Å²) in [6.07, 6.45) is 0.396. The van der Waals surface area contributed by atoms with Crippen LogP contribution in [0.4, 0.5) is 0 Å². The summed E-state index contributed by atoms with van der Waals surface area (Å²) >= 11 is 0. The van der Waals surface area contributed by atoms with Crippen LogP contribution in [0.1, 0.15) is 36.9 Å². The predicted octanol–water partition coefficient (Wildman–Crippen LogP) is -0.714. The van der Waals surface area contributed by atoms with Gasteiger partial charge in [0.05, 0.1) is 6.61 Å². The van der Waals surface area contributed by atoms with Gasteiger partial charge in [0.25, 0.3) is 5.82 Å². The zero-order valence-electron chi connectivity index (χ0n) is 9.08. The highest BCUT2D eigenvalue weighted by Gasteiger charge is 2.25. The molecular weight excluding hydrogens is 214 g/mol. The maximum Gasteiger partial charge on any atom is 0.378 e. The van der Waals surface area contributed by atoms with Crippen molar-refractivity contribution in [2.75, 3.05) is 6.61 Å². The fourth-order valence-electron chi connectivity index (χ4n) is 1.23. The maximum absolute atomic E-state index is 11.4. The number of carbonyl (C=O) groups excluding carboxylic acids is 2. The fourth-order valence-corrected chi connectivity index (χ4v) is 1.23. The number of esters is 1. The number of primary amides is 1. The molecule has 1 atom stereocenters. The number of hydrogen-bond donors (Lipinski definition) is 1. The molecule has 2 N–H and O–H groups in total. The number of nitrogens with zero attached hydrogens (tertiary/aromatic N) is 4. The van der Waals surface area contributed by atoms with Gasteiger partial charge in [-0.1, -0.05) is 6.92 Å². The van der Waals surface area contributed by atoms with Gasteiger partial charge in [0.15, 0.2) is 0 Å². The number of rotatable bonds is 5. The average molecular weight is 227 g/mol. The first-order valence-electron chi connectivity index (χ1n) is 4.86. The minimum Gasteiger partial charge on any atom is -0.460 e. The Labute approximate surface area is 91.7 Å². The van der Waals surface area contributed by atoms with Gasteiger partial charge in [-0.15, -0.1) is 5.10 Å². The van der Waals surface area contributed by atoms with E-state index in [-0.39, 0.29) is 12.4 Å². The van der Waals surface area contributed by atoms with Crippen molar-refractivity contribution in [2.45, 2.75) is 26.3 Å². The summed E-state index contributed by atoms with van der Waals surface area (Å²) in [4.78, 5) is 22.5. The van der Waals surface area contributed by atoms with Gasteiger partial charge in [-0.25, -0.2) is 9.48 Å². The van der Waals surface area contributed by atoms with Gasteiger partial charge in [-0.3, -0.25) is 4.79 Å².